The lowest BCUT2D eigenvalue weighted by Crippen LogP contribution is -2.46. The average Bonchev–Trinajstić information content (AvgIpc) is 2.93. The van der Waals surface area contributed by atoms with Crippen LogP contribution in [0, 0.1) is 26.9 Å². The topological polar surface area (TPSA) is 98.5 Å². The minimum absolute atomic E-state index is 0.000774. The Morgan fingerprint density at radius 2 is 1.88 bits per heavy atom. The minimum atomic E-state index is -0.712. The second kappa shape index (κ2) is 6.07. The second-order valence-corrected chi connectivity index (χ2v) is 8.15. The third kappa shape index (κ3) is 2.66. The van der Waals surface area contributed by atoms with Gasteiger partial charge < -0.3 is 10.1 Å². The summed E-state index contributed by atoms with van der Waals surface area (Å²) in [5.41, 5.74) is -0.0723. The van der Waals surface area contributed by atoms with Gasteiger partial charge in [0.25, 0.3) is 11.6 Å². The van der Waals surface area contributed by atoms with Crippen molar-refractivity contribution in [1.82, 2.24) is 5.32 Å². The first kappa shape index (κ1) is 18.4. The van der Waals surface area contributed by atoms with E-state index >= 15 is 0 Å². The van der Waals surface area contributed by atoms with Crippen molar-refractivity contribution in [2.45, 2.75) is 46.1 Å². The molecule has 0 heterocycles. The Balaban J connectivity index is 1.88. The third-order valence-corrected chi connectivity index (χ3v) is 6.91. The van der Waals surface area contributed by atoms with Gasteiger partial charge in [0.15, 0.2) is 0 Å². The molecule has 0 aromatic heterocycles. The van der Waals surface area contributed by atoms with E-state index in [2.05, 4.69) is 30.8 Å². The number of esters is 1. The van der Waals surface area contributed by atoms with Gasteiger partial charge in [0.05, 0.1) is 17.6 Å². The first-order valence-corrected chi connectivity index (χ1v) is 8.79. The van der Waals surface area contributed by atoms with Gasteiger partial charge in [-0.3, -0.25) is 14.9 Å². The Bertz CT molecular complexity index is 788. The predicted octanol–water partition coefficient (Wildman–Crippen LogP) is 3.33. The Kier molecular flexibility index (Phi) is 4.29. The van der Waals surface area contributed by atoms with Gasteiger partial charge in [-0.15, -0.1) is 0 Å². The molecule has 2 saturated carbocycles. The molecular weight excluding hydrogens is 336 g/mol. The third-order valence-electron chi connectivity index (χ3n) is 6.91. The lowest BCUT2D eigenvalue weighted by Gasteiger charge is -2.39. The Morgan fingerprint density at radius 1 is 1.23 bits per heavy atom. The number of non-ortho nitro benzene ring substituents is 1. The highest BCUT2D eigenvalue weighted by atomic mass is 16.6. The van der Waals surface area contributed by atoms with Crippen molar-refractivity contribution in [1.29, 1.82) is 0 Å². The molecule has 3 atom stereocenters. The van der Waals surface area contributed by atoms with Crippen LogP contribution < -0.4 is 5.32 Å². The molecule has 2 bridgehead atoms. The molecule has 0 saturated heterocycles. The SMILES string of the molecule is COC(=O)c1cc(C(=O)N[C@H]2C[C@@H]3CC[C@@]2(C)C3(C)C)cc([N+](=O)[O-])c1. The van der Waals surface area contributed by atoms with E-state index in [1.807, 2.05) is 0 Å². The van der Waals surface area contributed by atoms with E-state index in [1.54, 1.807) is 0 Å². The smallest absolute Gasteiger partial charge is 0.338 e. The van der Waals surface area contributed by atoms with E-state index in [1.165, 1.54) is 25.7 Å². The molecule has 2 aliphatic carbocycles. The van der Waals surface area contributed by atoms with E-state index in [-0.39, 0.29) is 33.7 Å². The van der Waals surface area contributed by atoms with Crippen LogP contribution in [0.25, 0.3) is 0 Å². The summed E-state index contributed by atoms with van der Waals surface area (Å²) in [6.07, 6.45) is 3.13. The lowest BCUT2D eigenvalue weighted by atomic mass is 9.69. The number of hydrogen-bond acceptors (Lipinski definition) is 5. The summed E-state index contributed by atoms with van der Waals surface area (Å²) >= 11 is 0. The summed E-state index contributed by atoms with van der Waals surface area (Å²) in [7, 11) is 1.19. The quantitative estimate of drug-likeness (QED) is 0.504. The number of fused-ring (bicyclic) bond motifs is 2. The van der Waals surface area contributed by atoms with Crippen molar-refractivity contribution >= 4 is 17.6 Å². The van der Waals surface area contributed by atoms with Crippen LogP contribution in [0.2, 0.25) is 0 Å². The van der Waals surface area contributed by atoms with Crippen molar-refractivity contribution in [3.05, 3.63) is 39.4 Å². The summed E-state index contributed by atoms with van der Waals surface area (Å²) in [5, 5.41) is 14.2. The number of nitro groups is 1. The van der Waals surface area contributed by atoms with Crippen LogP contribution in [0.5, 0.6) is 0 Å². The first-order valence-electron chi connectivity index (χ1n) is 8.79. The molecule has 1 aromatic rings. The fraction of sp³-hybridized carbons (Fsp3) is 0.579. The highest BCUT2D eigenvalue weighted by Gasteiger charge is 2.61. The molecule has 2 aliphatic rings. The Labute approximate surface area is 152 Å². The van der Waals surface area contributed by atoms with Gasteiger partial charge in [0, 0.05) is 23.7 Å². The van der Waals surface area contributed by atoms with E-state index in [9.17, 15) is 19.7 Å². The number of ether oxygens (including phenoxy) is 1. The molecule has 7 heteroatoms. The molecule has 0 spiro atoms. The van der Waals surface area contributed by atoms with Crippen LogP contribution >= 0.6 is 0 Å². The van der Waals surface area contributed by atoms with E-state index < -0.39 is 16.8 Å². The maximum atomic E-state index is 12.8. The molecule has 140 valence electrons. The molecule has 7 nitrogen and oxygen atoms in total. The number of methoxy groups -OCH3 is 1. The molecule has 0 aliphatic heterocycles. The van der Waals surface area contributed by atoms with Gasteiger partial charge in [-0.1, -0.05) is 20.8 Å². The molecule has 0 unspecified atom stereocenters. The van der Waals surface area contributed by atoms with E-state index in [0.717, 1.165) is 18.9 Å². The van der Waals surface area contributed by atoms with Crippen LogP contribution in [-0.4, -0.2) is 30.0 Å². The fourth-order valence-corrected chi connectivity index (χ4v) is 4.75. The average molecular weight is 360 g/mol. The van der Waals surface area contributed by atoms with Crippen molar-refractivity contribution in [3.63, 3.8) is 0 Å². The van der Waals surface area contributed by atoms with Gasteiger partial charge in [-0.25, -0.2) is 4.79 Å². The van der Waals surface area contributed by atoms with E-state index in [4.69, 9.17) is 0 Å². The molecule has 1 N–H and O–H groups in total. The zero-order valence-corrected chi connectivity index (χ0v) is 15.5. The van der Waals surface area contributed by atoms with Crippen LogP contribution in [0.3, 0.4) is 0 Å². The molecule has 0 radical (unpaired) electrons. The summed E-state index contributed by atoms with van der Waals surface area (Å²) in [6.45, 7) is 6.71. The predicted molar refractivity (Wildman–Crippen MR) is 94.9 cm³/mol. The van der Waals surface area contributed by atoms with Crippen LogP contribution in [0.1, 0.15) is 60.7 Å². The number of hydrogen-bond donors (Lipinski definition) is 1. The van der Waals surface area contributed by atoms with Crippen molar-refractivity contribution in [3.8, 4) is 0 Å². The zero-order chi connectivity index (χ0) is 19.3. The molecule has 1 amide bonds. The highest BCUT2D eigenvalue weighted by Crippen LogP contribution is 2.65. The molecule has 2 fully saturated rings. The van der Waals surface area contributed by atoms with Gasteiger partial charge in [-0.2, -0.15) is 0 Å². The Hall–Kier alpha value is -2.44. The molecular formula is C19H24N2O5. The standard InChI is InChI=1S/C19H24N2O5/c1-18(2)13-5-6-19(18,3)15(10-13)20-16(22)11-7-12(17(23)26-4)9-14(8-11)21(24)25/h7-9,13,15H,5-6,10H2,1-4H3,(H,20,22)/t13-,15-,19+/m0/s1. The van der Waals surface area contributed by atoms with Gasteiger partial charge >= 0.3 is 5.97 Å². The molecule has 26 heavy (non-hydrogen) atoms. The maximum absolute atomic E-state index is 12.8. The maximum Gasteiger partial charge on any atom is 0.338 e. The number of amides is 1. The van der Waals surface area contributed by atoms with Crippen molar-refractivity contribution in [2.24, 2.45) is 16.7 Å². The monoisotopic (exact) mass is 360 g/mol. The summed E-state index contributed by atoms with van der Waals surface area (Å²) in [6, 6.07) is 3.67. The summed E-state index contributed by atoms with van der Waals surface area (Å²) in [5.74, 6) is -0.544. The van der Waals surface area contributed by atoms with Crippen molar-refractivity contribution < 1.29 is 19.2 Å². The van der Waals surface area contributed by atoms with Gasteiger partial charge in [0.2, 0.25) is 0 Å². The number of nitrogens with one attached hydrogen (secondary N) is 1. The Morgan fingerprint density at radius 3 is 2.38 bits per heavy atom. The minimum Gasteiger partial charge on any atom is -0.465 e. The molecule has 1 aromatic carbocycles. The zero-order valence-electron chi connectivity index (χ0n) is 15.5. The highest BCUT2D eigenvalue weighted by molar-refractivity contribution is 5.99. The number of benzene rings is 1. The number of carbonyl (C=O) groups is 2. The summed E-state index contributed by atoms with van der Waals surface area (Å²) < 4.78 is 4.63. The first-order chi connectivity index (χ1) is 12.1. The largest absolute Gasteiger partial charge is 0.465 e. The van der Waals surface area contributed by atoms with Crippen molar-refractivity contribution in [2.75, 3.05) is 7.11 Å². The summed E-state index contributed by atoms with van der Waals surface area (Å²) in [4.78, 5) is 35.1. The number of nitro benzene ring substituents is 1. The van der Waals surface area contributed by atoms with E-state index in [0.29, 0.717) is 5.92 Å². The van der Waals surface area contributed by atoms with Gasteiger partial charge in [-0.05, 0) is 42.1 Å². The van der Waals surface area contributed by atoms with Crippen LogP contribution in [-0.2, 0) is 4.74 Å². The second-order valence-electron chi connectivity index (χ2n) is 8.15. The number of rotatable bonds is 4. The number of nitrogens with zero attached hydrogens (tertiary/aromatic N) is 1. The molecule has 3 rings (SSSR count). The number of carbonyl (C=O) groups excluding carboxylic acids is 2. The van der Waals surface area contributed by atoms with Crippen LogP contribution in [0.4, 0.5) is 5.69 Å². The fourth-order valence-electron chi connectivity index (χ4n) is 4.75. The van der Waals surface area contributed by atoms with Crippen LogP contribution in [0.15, 0.2) is 18.2 Å². The van der Waals surface area contributed by atoms with Gasteiger partial charge in [0.1, 0.15) is 0 Å². The lowest BCUT2D eigenvalue weighted by molar-refractivity contribution is -0.384. The normalized spacial score (nSPS) is 28.6.